The molecule has 0 saturated carbocycles. The predicted octanol–water partition coefficient (Wildman–Crippen LogP) is 2.48. The van der Waals surface area contributed by atoms with Gasteiger partial charge in [0.1, 0.15) is 5.82 Å². The molecular formula is C12H10F3N3O2S. The van der Waals surface area contributed by atoms with Gasteiger partial charge in [-0.1, -0.05) is 0 Å². The molecule has 112 valence electrons. The number of benzene rings is 1. The third kappa shape index (κ3) is 3.63. The molecule has 3 N–H and O–H groups in total. The van der Waals surface area contributed by atoms with Crippen molar-refractivity contribution in [2.75, 3.05) is 10.5 Å². The summed E-state index contributed by atoms with van der Waals surface area (Å²) in [4.78, 5) is 3.42. The molecule has 0 saturated heterocycles. The Labute approximate surface area is 118 Å². The van der Waals surface area contributed by atoms with Gasteiger partial charge in [0.25, 0.3) is 10.0 Å². The summed E-state index contributed by atoms with van der Waals surface area (Å²) >= 11 is 0. The number of nitrogens with one attached hydrogen (secondary N) is 1. The monoisotopic (exact) mass is 317 g/mol. The van der Waals surface area contributed by atoms with E-state index in [1.165, 1.54) is 18.3 Å². The molecule has 0 bridgehead atoms. The van der Waals surface area contributed by atoms with E-state index in [1.54, 1.807) is 0 Å². The summed E-state index contributed by atoms with van der Waals surface area (Å²) in [6.07, 6.45) is -3.31. The number of aromatic nitrogens is 1. The second-order valence-corrected chi connectivity index (χ2v) is 5.78. The van der Waals surface area contributed by atoms with Crippen molar-refractivity contribution in [1.82, 2.24) is 4.98 Å². The number of halogens is 3. The molecule has 1 aromatic carbocycles. The van der Waals surface area contributed by atoms with E-state index in [0.717, 1.165) is 12.1 Å². The van der Waals surface area contributed by atoms with Gasteiger partial charge in [-0.05, 0) is 36.4 Å². The summed E-state index contributed by atoms with van der Waals surface area (Å²) in [6.45, 7) is 0. The number of nitrogens with zero attached hydrogens (tertiary/aromatic N) is 1. The summed E-state index contributed by atoms with van der Waals surface area (Å²) < 4.78 is 63.4. The minimum atomic E-state index is -4.52. The molecule has 0 aliphatic carbocycles. The van der Waals surface area contributed by atoms with Crippen LogP contribution in [0.2, 0.25) is 0 Å². The van der Waals surface area contributed by atoms with Crippen molar-refractivity contribution < 1.29 is 21.6 Å². The topological polar surface area (TPSA) is 85.1 Å². The minimum Gasteiger partial charge on any atom is -0.384 e. The van der Waals surface area contributed by atoms with E-state index in [0.29, 0.717) is 12.1 Å². The quantitative estimate of drug-likeness (QED) is 0.911. The lowest BCUT2D eigenvalue weighted by Gasteiger charge is -2.10. The number of pyridine rings is 1. The van der Waals surface area contributed by atoms with Crippen molar-refractivity contribution in [2.45, 2.75) is 11.1 Å². The van der Waals surface area contributed by atoms with Crippen molar-refractivity contribution in [3.8, 4) is 0 Å². The minimum absolute atomic E-state index is 0.157. The smallest absolute Gasteiger partial charge is 0.384 e. The van der Waals surface area contributed by atoms with Gasteiger partial charge in [-0.3, -0.25) is 4.72 Å². The Balaban J connectivity index is 2.25. The van der Waals surface area contributed by atoms with Gasteiger partial charge in [-0.2, -0.15) is 13.2 Å². The van der Waals surface area contributed by atoms with Gasteiger partial charge in [0, 0.05) is 0 Å². The molecule has 1 aromatic heterocycles. The lowest BCUT2D eigenvalue weighted by molar-refractivity contribution is -0.137. The normalized spacial score (nSPS) is 12.1. The number of anilines is 2. The van der Waals surface area contributed by atoms with E-state index >= 15 is 0 Å². The fourth-order valence-electron chi connectivity index (χ4n) is 1.50. The van der Waals surface area contributed by atoms with Crippen LogP contribution in [0.3, 0.4) is 0 Å². The fraction of sp³-hybridized carbons (Fsp3) is 0.0833. The molecule has 0 fully saturated rings. The Morgan fingerprint density at radius 3 is 2.14 bits per heavy atom. The third-order valence-corrected chi connectivity index (χ3v) is 3.93. The highest BCUT2D eigenvalue weighted by Crippen LogP contribution is 2.29. The van der Waals surface area contributed by atoms with Crippen LogP contribution in [0.5, 0.6) is 0 Å². The molecule has 0 amide bonds. The first-order valence-corrected chi connectivity index (χ1v) is 7.08. The van der Waals surface area contributed by atoms with Crippen molar-refractivity contribution in [1.29, 1.82) is 0 Å². The lowest BCUT2D eigenvalue weighted by Crippen LogP contribution is -2.14. The summed E-state index contributed by atoms with van der Waals surface area (Å²) in [5, 5.41) is 0. The first-order chi connectivity index (χ1) is 9.68. The van der Waals surface area contributed by atoms with Crippen molar-refractivity contribution in [3.63, 3.8) is 0 Å². The Hall–Kier alpha value is -2.29. The van der Waals surface area contributed by atoms with Gasteiger partial charge in [0.2, 0.25) is 0 Å². The maximum absolute atomic E-state index is 12.4. The molecule has 0 spiro atoms. The first kappa shape index (κ1) is 15.1. The van der Waals surface area contributed by atoms with Crippen LogP contribution >= 0.6 is 0 Å². The molecular weight excluding hydrogens is 307 g/mol. The molecule has 9 heteroatoms. The number of sulfonamides is 1. The molecule has 2 rings (SSSR count). The molecule has 0 aliphatic rings. The molecule has 1 heterocycles. The van der Waals surface area contributed by atoms with Crippen LogP contribution in [0, 0.1) is 0 Å². The van der Waals surface area contributed by atoms with Crippen LogP contribution in [0.15, 0.2) is 47.5 Å². The average Bonchev–Trinajstić information content (AvgIpc) is 2.40. The van der Waals surface area contributed by atoms with E-state index in [1.807, 2.05) is 0 Å². The first-order valence-electron chi connectivity index (χ1n) is 5.60. The van der Waals surface area contributed by atoms with E-state index in [-0.39, 0.29) is 16.4 Å². The highest BCUT2D eigenvalue weighted by molar-refractivity contribution is 7.92. The zero-order valence-electron chi connectivity index (χ0n) is 10.4. The highest BCUT2D eigenvalue weighted by atomic mass is 32.2. The standard InChI is InChI=1S/C12H10F3N3O2S/c13-12(14,15)8-1-4-10(5-2-8)21(19,20)18-9-3-6-11(16)17-7-9/h1-7,18H,(H2,16,17). The summed E-state index contributed by atoms with van der Waals surface area (Å²) in [6, 6.07) is 5.96. The van der Waals surface area contributed by atoms with Crippen LogP contribution < -0.4 is 10.5 Å². The maximum atomic E-state index is 12.4. The Morgan fingerprint density at radius 2 is 1.67 bits per heavy atom. The SMILES string of the molecule is Nc1ccc(NS(=O)(=O)c2ccc(C(F)(F)F)cc2)cn1. The van der Waals surface area contributed by atoms with E-state index in [4.69, 9.17) is 5.73 Å². The molecule has 0 radical (unpaired) electrons. The van der Waals surface area contributed by atoms with Gasteiger partial charge in [-0.15, -0.1) is 0 Å². The van der Waals surface area contributed by atoms with Gasteiger partial charge in [-0.25, -0.2) is 13.4 Å². The number of nitrogen functional groups attached to an aromatic ring is 1. The van der Waals surface area contributed by atoms with Crippen LogP contribution in [-0.2, 0) is 16.2 Å². The van der Waals surface area contributed by atoms with Gasteiger partial charge >= 0.3 is 6.18 Å². The molecule has 0 atom stereocenters. The van der Waals surface area contributed by atoms with Crippen LogP contribution in [-0.4, -0.2) is 13.4 Å². The van der Waals surface area contributed by atoms with Crippen LogP contribution in [0.25, 0.3) is 0 Å². The van der Waals surface area contributed by atoms with E-state index in [2.05, 4.69) is 9.71 Å². The Kier molecular flexibility index (Phi) is 3.77. The molecule has 0 unspecified atom stereocenters. The van der Waals surface area contributed by atoms with Gasteiger partial charge < -0.3 is 5.73 Å². The molecule has 0 aliphatic heterocycles. The van der Waals surface area contributed by atoms with Crippen LogP contribution in [0.4, 0.5) is 24.7 Å². The maximum Gasteiger partial charge on any atom is 0.416 e. The van der Waals surface area contributed by atoms with Gasteiger partial charge in [0.05, 0.1) is 22.3 Å². The fourth-order valence-corrected chi connectivity index (χ4v) is 2.55. The average molecular weight is 317 g/mol. The molecule has 21 heavy (non-hydrogen) atoms. The Morgan fingerprint density at radius 1 is 1.05 bits per heavy atom. The zero-order valence-corrected chi connectivity index (χ0v) is 11.2. The number of rotatable bonds is 3. The number of hydrogen-bond acceptors (Lipinski definition) is 4. The van der Waals surface area contributed by atoms with Gasteiger partial charge in [0.15, 0.2) is 0 Å². The third-order valence-electron chi connectivity index (χ3n) is 2.53. The van der Waals surface area contributed by atoms with Crippen molar-refractivity contribution in [3.05, 3.63) is 48.2 Å². The summed E-state index contributed by atoms with van der Waals surface area (Å²) in [7, 11) is -3.99. The van der Waals surface area contributed by atoms with Crippen molar-refractivity contribution >= 4 is 21.5 Å². The van der Waals surface area contributed by atoms with E-state index < -0.39 is 21.8 Å². The van der Waals surface area contributed by atoms with Crippen LogP contribution in [0.1, 0.15) is 5.56 Å². The second-order valence-electron chi connectivity index (χ2n) is 4.10. The van der Waals surface area contributed by atoms with E-state index in [9.17, 15) is 21.6 Å². The number of alkyl halides is 3. The number of hydrogen-bond donors (Lipinski definition) is 2. The van der Waals surface area contributed by atoms with Crippen molar-refractivity contribution in [2.24, 2.45) is 0 Å². The Bertz CT molecular complexity index is 726. The highest BCUT2D eigenvalue weighted by Gasteiger charge is 2.30. The molecule has 5 nitrogen and oxygen atoms in total. The number of nitrogens with two attached hydrogens (primary N) is 1. The zero-order chi connectivity index (χ0) is 15.7. The predicted molar refractivity (Wildman–Crippen MR) is 70.9 cm³/mol. The second kappa shape index (κ2) is 5.24. The summed E-state index contributed by atoms with van der Waals surface area (Å²) in [5.41, 5.74) is 4.60. The lowest BCUT2D eigenvalue weighted by atomic mass is 10.2. The molecule has 2 aromatic rings. The summed E-state index contributed by atoms with van der Waals surface area (Å²) in [5.74, 6) is 0.215. The largest absolute Gasteiger partial charge is 0.416 e.